The molecule has 0 bridgehead atoms. The smallest absolute Gasteiger partial charge is 0.312 e. The number of piperazine rings is 1. The zero-order valence-corrected chi connectivity index (χ0v) is 11.1. The summed E-state index contributed by atoms with van der Waals surface area (Å²) in [4.78, 5) is 31.7. The average Bonchev–Trinajstić information content (AvgIpc) is 2.75. The van der Waals surface area contributed by atoms with Crippen LogP contribution >= 0.6 is 11.3 Å². The highest BCUT2D eigenvalue weighted by atomic mass is 32.1. The minimum absolute atomic E-state index is 0.402. The Kier molecular flexibility index (Phi) is 3.81. The van der Waals surface area contributed by atoms with Crippen LogP contribution in [0.1, 0.15) is 18.2 Å². The number of anilines is 1. The number of nitrogens with zero attached hydrogens (tertiary/aromatic N) is 3. The molecule has 1 saturated heterocycles. The van der Waals surface area contributed by atoms with E-state index in [4.69, 9.17) is 5.73 Å². The summed E-state index contributed by atoms with van der Waals surface area (Å²) in [5, 5.41) is 0.480. The molecule has 2 amide bonds. The Labute approximate surface area is 109 Å². The average molecular weight is 268 g/mol. The van der Waals surface area contributed by atoms with E-state index in [1.165, 1.54) is 11.3 Å². The molecular weight excluding hydrogens is 252 g/mol. The maximum atomic E-state index is 11.9. The van der Waals surface area contributed by atoms with Gasteiger partial charge in [0.15, 0.2) is 5.13 Å². The number of nitrogen functional groups attached to an aromatic ring is 1. The van der Waals surface area contributed by atoms with Gasteiger partial charge in [-0.15, -0.1) is 11.3 Å². The molecule has 0 unspecified atom stereocenters. The molecule has 0 aromatic carbocycles. The number of hydrogen-bond donors (Lipinski definition) is 1. The van der Waals surface area contributed by atoms with Crippen LogP contribution < -0.4 is 5.73 Å². The van der Waals surface area contributed by atoms with E-state index in [0.717, 1.165) is 11.3 Å². The van der Waals surface area contributed by atoms with Crippen molar-refractivity contribution in [2.75, 3.05) is 25.4 Å². The lowest BCUT2D eigenvalue weighted by atomic mass is 10.2. The van der Waals surface area contributed by atoms with E-state index in [-0.39, 0.29) is 0 Å². The van der Waals surface area contributed by atoms with E-state index in [1.54, 1.807) is 16.0 Å². The molecule has 18 heavy (non-hydrogen) atoms. The molecule has 2 heterocycles. The minimum atomic E-state index is -0.429. The molecular formula is C11H16N4O2S. The number of rotatable bonds is 4. The van der Waals surface area contributed by atoms with E-state index in [2.05, 4.69) is 4.98 Å². The van der Waals surface area contributed by atoms with E-state index in [9.17, 15) is 9.59 Å². The molecule has 0 spiro atoms. The molecule has 7 heteroatoms. The standard InChI is InChI=1S/C11H16N4O2S/c1-2-3-14-4-5-15(10(17)9(14)16)7-8-6-13-11(12)18-8/h6H,2-5,7H2,1H3,(H2,12,13). The van der Waals surface area contributed by atoms with Gasteiger partial charge in [0.1, 0.15) is 0 Å². The Morgan fingerprint density at radius 3 is 2.61 bits per heavy atom. The second kappa shape index (κ2) is 5.34. The molecule has 1 aromatic rings. The van der Waals surface area contributed by atoms with Crippen LogP contribution in [0.3, 0.4) is 0 Å². The number of amides is 2. The van der Waals surface area contributed by atoms with Gasteiger partial charge in [0.05, 0.1) is 6.54 Å². The summed E-state index contributed by atoms with van der Waals surface area (Å²) in [6.07, 6.45) is 2.51. The quantitative estimate of drug-likeness (QED) is 0.797. The first-order chi connectivity index (χ1) is 8.61. The molecule has 1 fully saturated rings. The van der Waals surface area contributed by atoms with Crippen LogP contribution in [-0.2, 0) is 16.1 Å². The van der Waals surface area contributed by atoms with E-state index in [1.807, 2.05) is 6.92 Å². The zero-order chi connectivity index (χ0) is 13.1. The predicted octanol–water partition coefficient (Wildman–Crippen LogP) is 0.306. The lowest BCUT2D eigenvalue weighted by molar-refractivity contribution is -0.156. The van der Waals surface area contributed by atoms with Crippen molar-refractivity contribution in [1.29, 1.82) is 0 Å². The van der Waals surface area contributed by atoms with E-state index < -0.39 is 11.8 Å². The van der Waals surface area contributed by atoms with Gasteiger partial charge in [0, 0.05) is 30.7 Å². The van der Waals surface area contributed by atoms with Gasteiger partial charge in [0.2, 0.25) is 0 Å². The van der Waals surface area contributed by atoms with Crippen LogP contribution in [0.5, 0.6) is 0 Å². The summed E-state index contributed by atoms with van der Waals surface area (Å²) in [6.45, 7) is 4.23. The van der Waals surface area contributed by atoms with Crippen molar-refractivity contribution in [2.45, 2.75) is 19.9 Å². The number of carbonyl (C=O) groups excluding carboxylic acids is 2. The zero-order valence-electron chi connectivity index (χ0n) is 10.3. The third kappa shape index (κ3) is 2.61. The highest BCUT2D eigenvalue weighted by molar-refractivity contribution is 7.15. The number of hydrogen-bond acceptors (Lipinski definition) is 5. The van der Waals surface area contributed by atoms with Gasteiger partial charge in [-0.05, 0) is 6.42 Å². The molecule has 1 aliphatic rings. The molecule has 6 nitrogen and oxygen atoms in total. The molecule has 98 valence electrons. The van der Waals surface area contributed by atoms with Crippen LogP contribution in [0.25, 0.3) is 0 Å². The largest absolute Gasteiger partial charge is 0.375 e. The molecule has 2 N–H and O–H groups in total. The summed E-state index contributed by atoms with van der Waals surface area (Å²) in [5.74, 6) is -0.831. The molecule has 1 aliphatic heterocycles. The van der Waals surface area contributed by atoms with Gasteiger partial charge in [-0.3, -0.25) is 9.59 Å². The van der Waals surface area contributed by atoms with E-state index in [0.29, 0.717) is 31.3 Å². The second-order valence-corrected chi connectivity index (χ2v) is 5.33. The Hall–Kier alpha value is -1.63. The SMILES string of the molecule is CCCN1CCN(Cc2cnc(N)s2)C(=O)C1=O. The summed E-state index contributed by atoms with van der Waals surface area (Å²) in [5.41, 5.74) is 5.54. The van der Waals surface area contributed by atoms with Crippen molar-refractivity contribution in [2.24, 2.45) is 0 Å². The molecule has 0 saturated carbocycles. The summed E-state index contributed by atoms with van der Waals surface area (Å²) < 4.78 is 0. The monoisotopic (exact) mass is 268 g/mol. The fraction of sp³-hybridized carbons (Fsp3) is 0.545. The van der Waals surface area contributed by atoms with Crippen LogP contribution in [-0.4, -0.2) is 46.2 Å². The van der Waals surface area contributed by atoms with Crippen molar-refractivity contribution in [3.63, 3.8) is 0 Å². The van der Waals surface area contributed by atoms with Crippen molar-refractivity contribution in [1.82, 2.24) is 14.8 Å². The Morgan fingerprint density at radius 2 is 2.00 bits per heavy atom. The molecule has 2 rings (SSSR count). The fourth-order valence-corrected chi connectivity index (χ4v) is 2.63. The predicted molar refractivity (Wildman–Crippen MR) is 68.8 cm³/mol. The number of carbonyl (C=O) groups is 2. The van der Waals surface area contributed by atoms with Gasteiger partial charge in [-0.25, -0.2) is 4.98 Å². The maximum absolute atomic E-state index is 11.9. The van der Waals surface area contributed by atoms with Gasteiger partial charge in [-0.2, -0.15) is 0 Å². The van der Waals surface area contributed by atoms with Crippen molar-refractivity contribution < 1.29 is 9.59 Å². The summed E-state index contributed by atoms with van der Waals surface area (Å²) in [7, 11) is 0. The second-order valence-electron chi connectivity index (χ2n) is 4.18. The Bertz CT molecular complexity index is 460. The highest BCUT2D eigenvalue weighted by Gasteiger charge is 2.31. The first-order valence-electron chi connectivity index (χ1n) is 5.90. The Balaban J connectivity index is 2.00. The van der Waals surface area contributed by atoms with Crippen LogP contribution in [0.15, 0.2) is 6.20 Å². The highest BCUT2D eigenvalue weighted by Crippen LogP contribution is 2.18. The van der Waals surface area contributed by atoms with Gasteiger partial charge in [0.25, 0.3) is 0 Å². The van der Waals surface area contributed by atoms with Crippen LogP contribution in [0, 0.1) is 0 Å². The number of thiazole rings is 1. The first kappa shape index (κ1) is 12.8. The fourth-order valence-electron chi connectivity index (χ4n) is 1.93. The molecule has 0 radical (unpaired) electrons. The third-order valence-electron chi connectivity index (χ3n) is 2.81. The topological polar surface area (TPSA) is 79.5 Å². The molecule has 0 atom stereocenters. The maximum Gasteiger partial charge on any atom is 0.312 e. The Morgan fingerprint density at radius 1 is 1.33 bits per heavy atom. The third-order valence-corrected chi connectivity index (χ3v) is 3.62. The molecule has 0 aliphatic carbocycles. The van der Waals surface area contributed by atoms with Crippen molar-refractivity contribution in [3.05, 3.63) is 11.1 Å². The van der Waals surface area contributed by atoms with Crippen LogP contribution in [0.2, 0.25) is 0 Å². The summed E-state index contributed by atoms with van der Waals surface area (Å²) in [6, 6.07) is 0. The normalized spacial score (nSPS) is 16.5. The van der Waals surface area contributed by atoms with E-state index >= 15 is 0 Å². The lowest BCUT2D eigenvalue weighted by Crippen LogP contribution is -2.53. The first-order valence-corrected chi connectivity index (χ1v) is 6.71. The van der Waals surface area contributed by atoms with Crippen molar-refractivity contribution in [3.8, 4) is 0 Å². The molecule has 1 aromatic heterocycles. The van der Waals surface area contributed by atoms with Crippen molar-refractivity contribution >= 4 is 28.3 Å². The van der Waals surface area contributed by atoms with Gasteiger partial charge < -0.3 is 15.5 Å². The number of aromatic nitrogens is 1. The lowest BCUT2D eigenvalue weighted by Gasteiger charge is -2.33. The van der Waals surface area contributed by atoms with Crippen LogP contribution in [0.4, 0.5) is 5.13 Å². The van der Waals surface area contributed by atoms with Gasteiger partial charge in [-0.1, -0.05) is 6.92 Å². The number of nitrogens with two attached hydrogens (primary N) is 1. The van der Waals surface area contributed by atoms with Gasteiger partial charge >= 0.3 is 11.8 Å². The minimum Gasteiger partial charge on any atom is -0.375 e. The summed E-state index contributed by atoms with van der Waals surface area (Å²) >= 11 is 1.34.